The lowest BCUT2D eigenvalue weighted by Crippen LogP contribution is -2.34. The van der Waals surface area contributed by atoms with Crippen molar-refractivity contribution in [3.05, 3.63) is 83.4 Å². The Morgan fingerprint density at radius 3 is 2.39 bits per heavy atom. The molecule has 0 bridgehead atoms. The lowest BCUT2D eigenvalue weighted by molar-refractivity contribution is 0.0977. The van der Waals surface area contributed by atoms with Gasteiger partial charge in [-0.1, -0.05) is 32.0 Å². The molecule has 0 aliphatic heterocycles. The average Bonchev–Trinajstić information content (AvgIpc) is 3.17. The number of hydrogen-bond donors (Lipinski definition) is 2. The van der Waals surface area contributed by atoms with Crippen LogP contribution < -0.4 is 10.6 Å². The van der Waals surface area contributed by atoms with Crippen molar-refractivity contribution in [2.24, 2.45) is 0 Å². The van der Waals surface area contributed by atoms with E-state index >= 15 is 0 Å². The van der Waals surface area contributed by atoms with Crippen LogP contribution in [0.5, 0.6) is 0 Å². The van der Waals surface area contributed by atoms with Gasteiger partial charge in [-0.25, -0.2) is 4.98 Å². The summed E-state index contributed by atoms with van der Waals surface area (Å²) in [6.07, 6.45) is 0. The zero-order chi connectivity index (χ0) is 22.0. The van der Waals surface area contributed by atoms with Crippen molar-refractivity contribution in [1.82, 2.24) is 10.3 Å². The van der Waals surface area contributed by atoms with Crippen LogP contribution >= 0.6 is 23.6 Å². The van der Waals surface area contributed by atoms with Gasteiger partial charge in [0.2, 0.25) is 0 Å². The summed E-state index contributed by atoms with van der Waals surface area (Å²) in [5.41, 5.74) is 5.87. The van der Waals surface area contributed by atoms with E-state index in [1.165, 1.54) is 15.8 Å². The van der Waals surface area contributed by atoms with E-state index in [-0.39, 0.29) is 11.0 Å². The van der Waals surface area contributed by atoms with Gasteiger partial charge >= 0.3 is 0 Å². The predicted molar refractivity (Wildman–Crippen MR) is 134 cm³/mol. The van der Waals surface area contributed by atoms with Gasteiger partial charge in [-0.05, 0) is 84.7 Å². The molecule has 0 radical (unpaired) electrons. The zero-order valence-electron chi connectivity index (χ0n) is 17.6. The number of fused-ring (bicyclic) bond motifs is 1. The van der Waals surface area contributed by atoms with E-state index in [4.69, 9.17) is 17.2 Å². The molecule has 1 amide bonds. The molecule has 1 heterocycles. The Kier molecular flexibility index (Phi) is 6.11. The molecule has 0 aliphatic carbocycles. The number of nitrogens with zero attached hydrogens (tertiary/aromatic N) is 1. The van der Waals surface area contributed by atoms with Crippen LogP contribution in [-0.2, 0) is 0 Å². The summed E-state index contributed by atoms with van der Waals surface area (Å²) in [7, 11) is 0. The minimum absolute atomic E-state index is 0.228. The smallest absolute Gasteiger partial charge is 0.257 e. The molecule has 0 saturated heterocycles. The van der Waals surface area contributed by atoms with Gasteiger partial charge in [0, 0.05) is 16.8 Å². The number of hydrogen-bond acceptors (Lipinski definition) is 4. The van der Waals surface area contributed by atoms with E-state index in [2.05, 4.69) is 49.6 Å². The summed E-state index contributed by atoms with van der Waals surface area (Å²) in [4.78, 5) is 17.1. The molecule has 0 fully saturated rings. The highest BCUT2D eigenvalue weighted by Gasteiger charge is 2.10. The summed E-state index contributed by atoms with van der Waals surface area (Å²) in [5, 5.41) is 7.05. The number of thiocarbonyl (C=S) groups is 1. The molecule has 4 aromatic rings. The Labute approximate surface area is 191 Å². The van der Waals surface area contributed by atoms with Crippen molar-refractivity contribution in [1.29, 1.82) is 0 Å². The standard InChI is InChI=1S/C25H23N3OS2/c1-15(2)17-5-7-18(8-6-17)23(29)28-25(30)26-20-11-9-19(10-12-20)24-27-21-13-4-16(3)14-22(21)31-24/h4-15H,1-3H3,(H2,26,28,29,30). The van der Waals surface area contributed by atoms with E-state index in [1.54, 1.807) is 11.3 Å². The highest BCUT2D eigenvalue weighted by Crippen LogP contribution is 2.31. The van der Waals surface area contributed by atoms with Crippen molar-refractivity contribution in [3.63, 3.8) is 0 Å². The molecule has 0 saturated carbocycles. The highest BCUT2D eigenvalue weighted by molar-refractivity contribution is 7.80. The van der Waals surface area contributed by atoms with Crippen molar-refractivity contribution >= 4 is 50.5 Å². The van der Waals surface area contributed by atoms with E-state index in [0.717, 1.165) is 21.8 Å². The molecule has 4 rings (SSSR count). The molecule has 0 aliphatic rings. The van der Waals surface area contributed by atoms with Gasteiger partial charge in [-0.3, -0.25) is 10.1 Å². The Hall–Kier alpha value is -3.09. The summed E-state index contributed by atoms with van der Waals surface area (Å²) >= 11 is 6.99. The predicted octanol–water partition coefficient (Wildman–Crippen LogP) is 6.52. The van der Waals surface area contributed by atoms with Crippen LogP contribution in [0.3, 0.4) is 0 Å². The third kappa shape index (κ3) is 4.98. The van der Waals surface area contributed by atoms with Gasteiger partial charge in [0.25, 0.3) is 5.91 Å². The SMILES string of the molecule is Cc1ccc2nc(-c3ccc(NC(=S)NC(=O)c4ccc(C(C)C)cc4)cc3)sc2c1. The summed E-state index contributed by atoms with van der Waals surface area (Å²) < 4.78 is 1.18. The van der Waals surface area contributed by atoms with Crippen molar-refractivity contribution in [2.75, 3.05) is 5.32 Å². The molecule has 0 atom stereocenters. The lowest BCUT2D eigenvalue weighted by Gasteiger charge is -2.11. The van der Waals surface area contributed by atoms with Crippen molar-refractivity contribution in [2.45, 2.75) is 26.7 Å². The largest absolute Gasteiger partial charge is 0.332 e. The molecule has 31 heavy (non-hydrogen) atoms. The maximum Gasteiger partial charge on any atom is 0.257 e. The topological polar surface area (TPSA) is 54.0 Å². The molecule has 0 unspecified atom stereocenters. The minimum Gasteiger partial charge on any atom is -0.332 e. The first kappa shape index (κ1) is 21.2. The van der Waals surface area contributed by atoms with Crippen molar-refractivity contribution < 1.29 is 4.79 Å². The molecule has 2 N–H and O–H groups in total. The van der Waals surface area contributed by atoms with Crippen molar-refractivity contribution in [3.8, 4) is 10.6 Å². The third-order valence-corrected chi connectivity index (χ3v) is 6.27. The summed E-state index contributed by atoms with van der Waals surface area (Å²) in [6, 6.07) is 21.7. The molecule has 6 heteroatoms. The lowest BCUT2D eigenvalue weighted by atomic mass is 10.0. The molecule has 1 aromatic heterocycles. The molecular formula is C25H23N3OS2. The second-order valence-electron chi connectivity index (χ2n) is 7.75. The zero-order valence-corrected chi connectivity index (χ0v) is 19.2. The third-order valence-electron chi connectivity index (χ3n) is 5.00. The number of carbonyl (C=O) groups is 1. The van der Waals surface area contributed by atoms with E-state index in [1.807, 2.05) is 48.5 Å². The summed E-state index contributed by atoms with van der Waals surface area (Å²) in [5.74, 6) is 0.198. The second-order valence-corrected chi connectivity index (χ2v) is 9.19. The molecular weight excluding hydrogens is 422 g/mol. The summed E-state index contributed by atoms with van der Waals surface area (Å²) in [6.45, 7) is 6.33. The van der Waals surface area contributed by atoms with Crippen LogP contribution in [0.1, 0.15) is 41.3 Å². The van der Waals surface area contributed by atoms with Crippen LogP contribution in [0.2, 0.25) is 0 Å². The number of nitrogens with one attached hydrogen (secondary N) is 2. The second kappa shape index (κ2) is 8.96. The quantitative estimate of drug-likeness (QED) is 0.351. The number of rotatable bonds is 4. The van der Waals surface area contributed by atoms with E-state index < -0.39 is 0 Å². The number of anilines is 1. The molecule has 0 spiro atoms. The minimum atomic E-state index is -0.228. The van der Waals surface area contributed by atoms with Crippen LogP contribution in [0.4, 0.5) is 5.69 Å². The molecule has 3 aromatic carbocycles. The van der Waals surface area contributed by atoms with Gasteiger partial charge < -0.3 is 5.32 Å². The molecule has 4 nitrogen and oxygen atoms in total. The average molecular weight is 446 g/mol. The highest BCUT2D eigenvalue weighted by atomic mass is 32.1. The van der Waals surface area contributed by atoms with E-state index in [9.17, 15) is 4.79 Å². The Balaban J connectivity index is 1.39. The van der Waals surface area contributed by atoms with Gasteiger partial charge in [0.15, 0.2) is 5.11 Å². The van der Waals surface area contributed by atoms with Gasteiger partial charge in [-0.2, -0.15) is 0 Å². The first-order chi connectivity index (χ1) is 14.9. The normalized spacial score (nSPS) is 11.0. The molecule has 156 valence electrons. The number of aryl methyl sites for hydroxylation is 1. The first-order valence-electron chi connectivity index (χ1n) is 10.1. The number of aromatic nitrogens is 1. The van der Waals surface area contributed by atoms with Crippen LogP contribution in [0.25, 0.3) is 20.8 Å². The first-order valence-corrected chi connectivity index (χ1v) is 11.3. The fourth-order valence-electron chi connectivity index (χ4n) is 3.21. The van der Waals surface area contributed by atoms with Gasteiger partial charge in [0.1, 0.15) is 5.01 Å². The Bertz CT molecular complexity index is 1240. The number of carbonyl (C=O) groups excluding carboxylic acids is 1. The monoisotopic (exact) mass is 445 g/mol. The van der Waals surface area contributed by atoms with Crippen LogP contribution in [0, 0.1) is 6.92 Å². The fourth-order valence-corrected chi connectivity index (χ4v) is 4.49. The Morgan fingerprint density at radius 2 is 1.71 bits per heavy atom. The van der Waals surface area contributed by atoms with Gasteiger partial charge in [-0.15, -0.1) is 11.3 Å². The van der Waals surface area contributed by atoms with E-state index in [0.29, 0.717) is 11.5 Å². The van der Waals surface area contributed by atoms with Crippen LogP contribution in [0.15, 0.2) is 66.7 Å². The number of benzene rings is 3. The number of thiazole rings is 1. The van der Waals surface area contributed by atoms with Crippen LogP contribution in [-0.4, -0.2) is 16.0 Å². The van der Waals surface area contributed by atoms with Gasteiger partial charge in [0.05, 0.1) is 10.2 Å². The number of amides is 1. The maximum absolute atomic E-state index is 12.4. The maximum atomic E-state index is 12.4. The Morgan fingerprint density at radius 1 is 1.00 bits per heavy atom. The fraction of sp³-hybridized carbons (Fsp3) is 0.160.